The molecule has 0 fully saturated rings. The fraction of sp³-hybridized carbons (Fsp3) is 0.562. The molecule has 1 aromatic rings. The van der Waals surface area contributed by atoms with E-state index >= 15 is 0 Å². The second-order valence-corrected chi connectivity index (χ2v) is 6.29. The molecule has 0 unspecified atom stereocenters. The Labute approximate surface area is 121 Å². The first kappa shape index (κ1) is 16.2. The van der Waals surface area contributed by atoms with Gasteiger partial charge in [-0.25, -0.2) is 0 Å². The number of carbonyl (C=O) groups excluding carboxylic acids is 1. The molecule has 0 aromatic heterocycles. The van der Waals surface area contributed by atoms with Crippen LogP contribution >= 0.6 is 11.6 Å². The van der Waals surface area contributed by atoms with Crippen molar-refractivity contribution in [3.8, 4) is 0 Å². The molecule has 0 heterocycles. The number of rotatable bonds is 7. The summed E-state index contributed by atoms with van der Waals surface area (Å²) in [6.07, 6.45) is 0. The fourth-order valence-electron chi connectivity index (χ4n) is 2.21. The minimum absolute atomic E-state index is 0.104. The lowest BCUT2D eigenvalue weighted by molar-refractivity contribution is 0.0912. The van der Waals surface area contributed by atoms with Crippen LogP contribution in [0.2, 0.25) is 5.02 Å². The maximum atomic E-state index is 12.3. The second-order valence-electron chi connectivity index (χ2n) is 5.88. The van der Waals surface area contributed by atoms with Gasteiger partial charge >= 0.3 is 0 Å². The lowest BCUT2D eigenvalue weighted by Crippen LogP contribution is -2.35. The molecule has 0 atom stereocenters. The molecule has 106 valence electrons. The Kier molecular flexibility index (Phi) is 6.53. The smallest absolute Gasteiger partial charge is 0.178 e. The van der Waals surface area contributed by atoms with Crippen LogP contribution in [0, 0.1) is 11.8 Å². The van der Waals surface area contributed by atoms with Crippen molar-refractivity contribution in [1.82, 2.24) is 4.90 Å². The van der Waals surface area contributed by atoms with Crippen LogP contribution in [0.3, 0.4) is 0 Å². The van der Waals surface area contributed by atoms with Crippen molar-refractivity contribution in [3.05, 3.63) is 34.9 Å². The number of Topliss-reactive ketones (excluding diaryl/α,β-unsaturated/α-hetero) is 1. The van der Waals surface area contributed by atoms with Gasteiger partial charge in [-0.2, -0.15) is 0 Å². The molecule has 0 aliphatic rings. The predicted octanol–water partition coefficient (Wildman–Crippen LogP) is 4.14. The average Bonchev–Trinajstić information content (AvgIpc) is 2.27. The maximum Gasteiger partial charge on any atom is 0.178 e. The molecule has 0 N–H and O–H groups in total. The highest BCUT2D eigenvalue weighted by Crippen LogP contribution is 2.16. The third-order valence-electron chi connectivity index (χ3n) is 2.79. The van der Waals surface area contributed by atoms with Gasteiger partial charge in [0.1, 0.15) is 0 Å². The Morgan fingerprint density at radius 3 is 2.11 bits per heavy atom. The van der Waals surface area contributed by atoms with E-state index in [0.717, 1.165) is 13.1 Å². The highest BCUT2D eigenvalue weighted by atomic mass is 35.5. The summed E-state index contributed by atoms with van der Waals surface area (Å²) in [6.45, 7) is 11.0. The average molecular weight is 282 g/mol. The predicted molar refractivity (Wildman–Crippen MR) is 81.9 cm³/mol. The maximum absolute atomic E-state index is 12.3. The van der Waals surface area contributed by atoms with Crippen molar-refractivity contribution in [2.45, 2.75) is 27.7 Å². The first-order valence-electron chi connectivity index (χ1n) is 6.90. The van der Waals surface area contributed by atoms with Crippen LogP contribution < -0.4 is 0 Å². The summed E-state index contributed by atoms with van der Waals surface area (Å²) in [5.74, 6) is 1.21. The molecule has 0 bridgehead atoms. The van der Waals surface area contributed by atoms with Crippen molar-refractivity contribution in [3.63, 3.8) is 0 Å². The topological polar surface area (TPSA) is 20.3 Å². The quantitative estimate of drug-likeness (QED) is 0.700. The third kappa shape index (κ3) is 5.75. The number of nitrogens with zero attached hydrogens (tertiary/aromatic N) is 1. The number of hydrogen-bond donors (Lipinski definition) is 0. The Morgan fingerprint density at radius 2 is 1.63 bits per heavy atom. The molecule has 0 radical (unpaired) electrons. The number of hydrogen-bond acceptors (Lipinski definition) is 2. The molecule has 0 amide bonds. The van der Waals surface area contributed by atoms with Gasteiger partial charge in [0.25, 0.3) is 0 Å². The fourth-order valence-corrected chi connectivity index (χ4v) is 2.45. The normalized spacial score (nSPS) is 11.6. The van der Waals surface area contributed by atoms with Crippen LogP contribution in [0.1, 0.15) is 38.1 Å². The highest BCUT2D eigenvalue weighted by molar-refractivity contribution is 6.34. The Bertz CT molecular complexity index is 405. The molecule has 0 spiro atoms. The lowest BCUT2D eigenvalue weighted by atomic mass is 10.1. The highest BCUT2D eigenvalue weighted by Gasteiger charge is 2.16. The van der Waals surface area contributed by atoms with E-state index in [-0.39, 0.29) is 5.78 Å². The van der Waals surface area contributed by atoms with Gasteiger partial charge in [-0.3, -0.25) is 9.69 Å². The van der Waals surface area contributed by atoms with Gasteiger partial charge < -0.3 is 0 Å². The molecule has 0 saturated carbocycles. The van der Waals surface area contributed by atoms with Crippen LogP contribution in [-0.4, -0.2) is 30.3 Å². The minimum Gasteiger partial charge on any atom is -0.295 e. The van der Waals surface area contributed by atoms with E-state index in [9.17, 15) is 4.79 Å². The summed E-state index contributed by atoms with van der Waals surface area (Å²) in [6, 6.07) is 7.27. The zero-order valence-corrected chi connectivity index (χ0v) is 13.1. The lowest BCUT2D eigenvalue weighted by Gasteiger charge is -2.25. The van der Waals surface area contributed by atoms with E-state index in [0.29, 0.717) is 29.0 Å². The zero-order valence-electron chi connectivity index (χ0n) is 12.3. The van der Waals surface area contributed by atoms with Crippen LogP contribution in [0.15, 0.2) is 24.3 Å². The molecule has 0 aliphatic heterocycles. The molecule has 19 heavy (non-hydrogen) atoms. The Balaban J connectivity index is 2.73. The van der Waals surface area contributed by atoms with Gasteiger partial charge in [0.2, 0.25) is 0 Å². The van der Waals surface area contributed by atoms with E-state index in [1.165, 1.54) is 0 Å². The summed E-state index contributed by atoms with van der Waals surface area (Å²) >= 11 is 6.07. The van der Waals surface area contributed by atoms with Gasteiger partial charge in [0, 0.05) is 18.7 Å². The second kappa shape index (κ2) is 7.66. The number of ketones is 1. The minimum atomic E-state index is 0.104. The Morgan fingerprint density at radius 1 is 1.11 bits per heavy atom. The van der Waals surface area contributed by atoms with Gasteiger partial charge in [-0.05, 0) is 24.0 Å². The van der Waals surface area contributed by atoms with Crippen LogP contribution in [0.5, 0.6) is 0 Å². The van der Waals surface area contributed by atoms with Crippen LogP contribution in [-0.2, 0) is 0 Å². The van der Waals surface area contributed by atoms with Gasteiger partial charge in [0.05, 0.1) is 11.6 Å². The van der Waals surface area contributed by atoms with Crippen molar-refractivity contribution in [2.24, 2.45) is 11.8 Å². The van der Waals surface area contributed by atoms with Crippen LogP contribution in [0.4, 0.5) is 0 Å². The van der Waals surface area contributed by atoms with E-state index in [1.54, 1.807) is 12.1 Å². The summed E-state index contributed by atoms with van der Waals surface area (Å²) in [5.41, 5.74) is 0.627. The molecule has 1 rings (SSSR count). The molecular formula is C16H24ClNO. The molecular weight excluding hydrogens is 258 g/mol. The van der Waals surface area contributed by atoms with E-state index in [4.69, 9.17) is 11.6 Å². The number of benzene rings is 1. The number of carbonyl (C=O) groups is 1. The zero-order chi connectivity index (χ0) is 14.4. The van der Waals surface area contributed by atoms with Crippen molar-refractivity contribution in [1.29, 1.82) is 0 Å². The SMILES string of the molecule is CC(C)CN(CC(=O)c1ccccc1Cl)CC(C)C. The molecule has 0 aliphatic carbocycles. The summed E-state index contributed by atoms with van der Waals surface area (Å²) in [4.78, 5) is 14.5. The monoisotopic (exact) mass is 281 g/mol. The van der Waals surface area contributed by atoms with Crippen molar-refractivity contribution < 1.29 is 4.79 Å². The van der Waals surface area contributed by atoms with Gasteiger partial charge in [-0.15, -0.1) is 0 Å². The van der Waals surface area contributed by atoms with E-state index in [2.05, 4.69) is 32.6 Å². The van der Waals surface area contributed by atoms with Crippen molar-refractivity contribution >= 4 is 17.4 Å². The number of halogens is 1. The van der Waals surface area contributed by atoms with Crippen LogP contribution in [0.25, 0.3) is 0 Å². The largest absolute Gasteiger partial charge is 0.295 e. The summed E-state index contributed by atoms with van der Waals surface area (Å²) in [5, 5.41) is 0.543. The van der Waals surface area contributed by atoms with Crippen molar-refractivity contribution in [2.75, 3.05) is 19.6 Å². The van der Waals surface area contributed by atoms with E-state index < -0.39 is 0 Å². The van der Waals surface area contributed by atoms with Gasteiger partial charge in [0.15, 0.2) is 5.78 Å². The molecule has 0 saturated heterocycles. The summed E-state index contributed by atoms with van der Waals surface area (Å²) < 4.78 is 0. The molecule has 3 heteroatoms. The Hall–Kier alpha value is -0.860. The standard InChI is InChI=1S/C16H24ClNO/c1-12(2)9-18(10-13(3)4)11-16(19)14-7-5-6-8-15(14)17/h5-8,12-13H,9-11H2,1-4H3. The first-order chi connectivity index (χ1) is 8.90. The third-order valence-corrected chi connectivity index (χ3v) is 3.12. The molecule has 2 nitrogen and oxygen atoms in total. The summed E-state index contributed by atoms with van der Waals surface area (Å²) in [7, 11) is 0. The van der Waals surface area contributed by atoms with E-state index in [1.807, 2.05) is 12.1 Å². The molecule has 1 aromatic carbocycles. The van der Waals surface area contributed by atoms with Gasteiger partial charge in [-0.1, -0.05) is 51.4 Å². The first-order valence-corrected chi connectivity index (χ1v) is 7.28.